The molecule has 1 fully saturated rings. The Bertz CT molecular complexity index is 627. The number of carbonyl (C=O) groups excluding carboxylic acids is 3. The lowest BCUT2D eigenvalue weighted by molar-refractivity contribution is -0.144. The van der Waals surface area contributed by atoms with Crippen LogP contribution in [0, 0.1) is 0 Å². The van der Waals surface area contributed by atoms with Crippen molar-refractivity contribution >= 4 is 33.7 Å². The van der Waals surface area contributed by atoms with Crippen LogP contribution in [-0.2, 0) is 14.3 Å². The van der Waals surface area contributed by atoms with E-state index in [4.69, 9.17) is 4.74 Å². The molecule has 0 atom stereocenters. The highest BCUT2D eigenvalue weighted by Crippen LogP contribution is 2.20. The maximum Gasteiger partial charge on any atom is 0.306 e. The van der Waals surface area contributed by atoms with Crippen molar-refractivity contribution in [3.05, 3.63) is 34.3 Å². The summed E-state index contributed by atoms with van der Waals surface area (Å²) in [6, 6.07) is 7.41. The normalized spacial score (nSPS) is 14.9. The lowest BCUT2D eigenvalue weighted by Crippen LogP contribution is -2.46. The van der Waals surface area contributed by atoms with Crippen LogP contribution in [0.2, 0.25) is 0 Å². The molecule has 1 saturated heterocycles. The van der Waals surface area contributed by atoms with Crippen molar-refractivity contribution in [1.82, 2.24) is 10.2 Å². The number of piperidine rings is 1. The zero-order valence-corrected chi connectivity index (χ0v) is 15.9. The van der Waals surface area contributed by atoms with Gasteiger partial charge in [-0.2, -0.15) is 0 Å². The quantitative estimate of drug-likeness (QED) is 0.730. The van der Waals surface area contributed by atoms with E-state index in [0.717, 1.165) is 4.47 Å². The van der Waals surface area contributed by atoms with Gasteiger partial charge in [0.25, 0.3) is 5.91 Å². The van der Waals surface area contributed by atoms with Crippen LogP contribution in [-0.4, -0.2) is 48.4 Å². The van der Waals surface area contributed by atoms with Gasteiger partial charge in [0.05, 0.1) is 18.6 Å². The Morgan fingerprint density at radius 1 is 1.20 bits per heavy atom. The molecule has 0 radical (unpaired) electrons. The van der Waals surface area contributed by atoms with Gasteiger partial charge in [-0.3, -0.25) is 14.4 Å². The van der Waals surface area contributed by atoms with Gasteiger partial charge in [-0.1, -0.05) is 12.1 Å². The number of rotatable bonds is 6. The SMILES string of the molecule is CCOC(=O)CCC(=O)NC1CCN(C(=O)c2ccccc2Br)CC1. The molecule has 2 amide bonds. The minimum Gasteiger partial charge on any atom is -0.466 e. The van der Waals surface area contributed by atoms with Gasteiger partial charge in [0.15, 0.2) is 0 Å². The van der Waals surface area contributed by atoms with Crippen molar-refractivity contribution in [3.8, 4) is 0 Å². The number of halogens is 1. The standard InChI is InChI=1S/C18H23BrN2O4/c1-2-25-17(23)8-7-16(22)20-13-9-11-21(12-10-13)18(24)14-5-3-4-6-15(14)19/h3-6,13H,2,7-12H2,1H3,(H,20,22). The van der Waals surface area contributed by atoms with Crippen molar-refractivity contribution < 1.29 is 19.1 Å². The number of esters is 1. The maximum absolute atomic E-state index is 12.5. The molecule has 7 heteroatoms. The molecule has 1 aliphatic heterocycles. The average Bonchev–Trinajstić information content (AvgIpc) is 2.61. The van der Waals surface area contributed by atoms with Crippen molar-refractivity contribution in [1.29, 1.82) is 0 Å². The van der Waals surface area contributed by atoms with Crippen molar-refractivity contribution in [2.24, 2.45) is 0 Å². The number of likely N-dealkylation sites (tertiary alicyclic amines) is 1. The number of hydrogen-bond acceptors (Lipinski definition) is 4. The van der Waals surface area contributed by atoms with Crippen LogP contribution in [0.4, 0.5) is 0 Å². The highest BCUT2D eigenvalue weighted by Gasteiger charge is 2.25. The molecule has 1 aromatic carbocycles. The Labute approximate surface area is 156 Å². The summed E-state index contributed by atoms with van der Waals surface area (Å²) in [4.78, 5) is 37.5. The molecule has 6 nitrogen and oxygen atoms in total. The minimum atomic E-state index is -0.355. The van der Waals surface area contributed by atoms with E-state index in [9.17, 15) is 14.4 Å². The average molecular weight is 411 g/mol. The highest BCUT2D eigenvalue weighted by molar-refractivity contribution is 9.10. The van der Waals surface area contributed by atoms with E-state index in [2.05, 4.69) is 21.2 Å². The summed E-state index contributed by atoms with van der Waals surface area (Å²) >= 11 is 3.41. The summed E-state index contributed by atoms with van der Waals surface area (Å²) in [5.74, 6) is -0.505. The van der Waals surface area contributed by atoms with Gasteiger partial charge in [-0.05, 0) is 47.8 Å². The Morgan fingerprint density at radius 2 is 1.88 bits per heavy atom. The number of carbonyl (C=O) groups is 3. The van der Waals surface area contributed by atoms with E-state index in [1.807, 2.05) is 18.2 Å². The molecule has 0 spiro atoms. The third-order valence-electron chi connectivity index (χ3n) is 4.11. The number of benzene rings is 1. The van der Waals surface area contributed by atoms with Crippen LogP contribution >= 0.6 is 15.9 Å². The Balaban J connectivity index is 1.76. The van der Waals surface area contributed by atoms with Crippen molar-refractivity contribution in [2.45, 2.75) is 38.6 Å². The smallest absolute Gasteiger partial charge is 0.306 e. The summed E-state index contributed by atoms with van der Waals surface area (Å²) in [7, 11) is 0. The summed E-state index contributed by atoms with van der Waals surface area (Å²) in [6.45, 7) is 3.26. The van der Waals surface area contributed by atoms with Gasteiger partial charge >= 0.3 is 5.97 Å². The number of nitrogens with zero attached hydrogens (tertiary/aromatic N) is 1. The van der Waals surface area contributed by atoms with Crippen LogP contribution < -0.4 is 5.32 Å². The second-order valence-electron chi connectivity index (χ2n) is 5.92. The molecule has 1 N–H and O–H groups in total. The molecular weight excluding hydrogens is 388 g/mol. The molecule has 25 heavy (non-hydrogen) atoms. The topological polar surface area (TPSA) is 75.7 Å². The molecule has 0 bridgehead atoms. The van der Waals surface area contributed by atoms with E-state index in [0.29, 0.717) is 38.1 Å². The maximum atomic E-state index is 12.5. The van der Waals surface area contributed by atoms with E-state index in [1.165, 1.54) is 0 Å². The van der Waals surface area contributed by atoms with Crippen molar-refractivity contribution in [3.63, 3.8) is 0 Å². The Morgan fingerprint density at radius 3 is 2.52 bits per heavy atom. The lowest BCUT2D eigenvalue weighted by atomic mass is 10.0. The van der Waals surface area contributed by atoms with Gasteiger partial charge in [-0.15, -0.1) is 0 Å². The second kappa shape index (κ2) is 9.56. The number of hydrogen-bond donors (Lipinski definition) is 1. The predicted octanol–water partition coefficient (Wildman–Crippen LogP) is 2.51. The summed E-state index contributed by atoms with van der Waals surface area (Å²) in [5, 5.41) is 2.93. The third-order valence-corrected chi connectivity index (χ3v) is 4.80. The minimum absolute atomic E-state index is 0.000405. The van der Waals surface area contributed by atoms with Gasteiger partial charge in [0.1, 0.15) is 0 Å². The molecule has 136 valence electrons. The molecule has 0 unspecified atom stereocenters. The number of nitrogens with one attached hydrogen (secondary N) is 1. The van der Waals surface area contributed by atoms with Crippen LogP contribution in [0.3, 0.4) is 0 Å². The summed E-state index contributed by atoms with van der Waals surface area (Å²) in [6.07, 6.45) is 1.65. The zero-order chi connectivity index (χ0) is 18.2. The predicted molar refractivity (Wildman–Crippen MR) is 97.1 cm³/mol. The summed E-state index contributed by atoms with van der Waals surface area (Å²) < 4.78 is 5.59. The van der Waals surface area contributed by atoms with Gasteiger partial charge in [-0.25, -0.2) is 0 Å². The summed E-state index contributed by atoms with van der Waals surface area (Å²) in [5.41, 5.74) is 0.652. The first-order chi connectivity index (χ1) is 12.0. The van der Waals surface area contributed by atoms with E-state index in [-0.39, 0.29) is 36.7 Å². The largest absolute Gasteiger partial charge is 0.466 e. The molecule has 1 aliphatic rings. The van der Waals surface area contributed by atoms with Crippen LogP contribution in [0.25, 0.3) is 0 Å². The molecule has 0 aliphatic carbocycles. The fourth-order valence-electron chi connectivity index (χ4n) is 2.78. The van der Waals surface area contributed by atoms with Gasteiger partial charge in [0, 0.05) is 30.0 Å². The lowest BCUT2D eigenvalue weighted by Gasteiger charge is -2.32. The first-order valence-electron chi connectivity index (χ1n) is 8.50. The molecular formula is C18H23BrN2O4. The zero-order valence-electron chi connectivity index (χ0n) is 14.3. The molecule has 2 rings (SSSR count). The van der Waals surface area contributed by atoms with Gasteiger partial charge in [0.2, 0.25) is 5.91 Å². The van der Waals surface area contributed by atoms with Crippen LogP contribution in [0.1, 0.15) is 43.0 Å². The highest BCUT2D eigenvalue weighted by atomic mass is 79.9. The fourth-order valence-corrected chi connectivity index (χ4v) is 3.23. The van der Waals surface area contributed by atoms with E-state index >= 15 is 0 Å². The number of amides is 2. The van der Waals surface area contributed by atoms with Crippen molar-refractivity contribution in [2.75, 3.05) is 19.7 Å². The number of ether oxygens (including phenoxy) is 1. The van der Waals surface area contributed by atoms with E-state index in [1.54, 1.807) is 17.9 Å². The molecule has 1 aromatic rings. The van der Waals surface area contributed by atoms with Crippen LogP contribution in [0.5, 0.6) is 0 Å². The molecule has 0 saturated carbocycles. The Kier molecular flexibility index (Phi) is 7.43. The van der Waals surface area contributed by atoms with Gasteiger partial charge < -0.3 is 15.0 Å². The van der Waals surface area contributed by atoms with Crippen LogP contribution in [0.15, 0.2) is 28.7 Å². The fraction of sp³-hybridized carbons (Fsp3) is 0.500. The first kappa shape index (κ1) is 19.4. The molecule has 0 aromatic heterocycles. The van der Waals surface area contributed by atoms with E-state index < -0.39 is 0 Å². The monoisotopic (exact) mass is 410 g/mol. The first-order valence-corrected chi connectivity index (χ1v) is 9.29. The second-order valence-corrected chi connectivity index (χ2v) is 6.77. The third kappa shape index (κ3) is 5.85. The Hall–Kier alpha value is -1.89. The molecule has 1 heterocycles.